The second kappa shape index (κ2) is 7.93. The van der Waals surface area contributed by atoms with Crippen LogP contribution in [0.15, 0.2) is 24.3 Å². The molecule has 158 valence electrons. The van der Waals surface area contributed by atoms with Crippen LogP contribution in [-0.4, -0.2) is 29.4 Å². The maximum atomic E-state index is 12.7. The van der Waals surface area contributed by atoms with Gasteiger partial charge in [-0.3, -0.25) is 9.59 Å². The molecule has 1 N–H and O–H groups in total. The minimum absolute atomic E-state index is 0.0538. The van der Waals surface area contributed by atoms with Gasteiger partial charge in [-0.1, -0.05) is 34.1 Å². The first-order valence-electron chi connectivity index (χ1n) is 10.6. The Morgan fingerprint density at radius 2 is 1.90 bits per heavy atom. The van der Waals surface area contributed by atoms with Crippen molar-refractivity contribution in [1.82, 2.24) is 5.32 Å². The predicted octanol–water partition coefficient (Wildman–Crippen LogP) is 4.37. The summed E-state index contributed by atoms with van der Waals surface area (Å²) in [6, 6.07) is 7.54. The highest BCUT2D eigenvalue weighted by molar-refractivity contribution is 9.10. The smallest absolute Gasteiger partial charge is 0.307 e. The number of amides is 1. The molecule has 5 rings (SSSR count). The molecule has 4 saturated carbocycles. The Morgan fingerprint density at radius 1 is 1.21 bits per heavy atom. The van der Waals surface area contributed by atoms with Gasteiger partial charge in [0.25, 0.3) is 5.91 Å². The SMILES string of the molecule is COc1ccccc1CNC(=O)C(C)OC(=O)CC12CC3CC(CC(Br)(C3)C1)C2. The zero-order chi connectivity index (χ0) is 20.6. The summed E-state index contributed by atoms with van der Waals surface area (Å²) >= 11 is 3.98. The maximum absolute atomic E-state index is 12.7. The van der Waals surface area contributed by atoms with Crippen molar-refractivity contribution < 1.29 is 19.1 Å². The zero-order valence-electron chi connectivity index (χ0n) is 17.2. The van der Waals surface area contributed by atoms with Crippen LogP contribution in [0.3, 0.4) is 0 Å². The number of ether oxygens (including phenoxy) is 2. The average molecular weight is 464 g/mol. The molecule has 3 unspecified atom stereocenters. The van der Waals surface area contributed by atoms with E-state index in [0.717, 1.165) is 42.4 Å². The van der Waals surface area contributed by atoms with Gasteiger partial charge in [0.05, 0.1) is 13.5 Å². The third kappa shape index (κ3) is 4.47. The molecule has 0 radical (unpaired) electrons. The van der Waals surface area contributed by atoms with E-state index < -0.39 is 6.10 Å². The Balaban J connectivity index is 1.30. The third-order valence-electron chi connectivity index (χ3n) is 6.95. The number of hydrogen-bond acceptors (Lipinski definition) is 4. The fraction of sp³-hybridized carbons (Fsp3) is 0.652. The Morgan fingerprint density at radius 3 is 2.55 bits per heavy atom. The van der Waals surface area contributed by atoms with Crippen molar-refractivity contribution in [2.45, 2.75) is 68.8 Å². The summed E-state index contributed by atoms with van der Waals surface area (Å²) in [6.45, 7) is 1.98. The number of carbonyl (C=O) groups excluding carboxylic acids is 2. The van der Waals surface area contributed by atoms with E-state index in [2.05, 4.69) is 21.2 Å². The van der Waals surface area contributed by atoms with Crippen LogP contribution in [0, 0.1) is 17.3 Å². The van der Waals surface area contributed by atoms with E-state index in [1.807, 2.05) is 24.3 Å². The van der Waals surface area contributed by atoms with E-state index in [0.29, 0.717) is 13.0 Å². The van der Waals surface area contributed by atoms with Gasteiger partial charge in [0.2, 0.25) is 0 Å². The summed E-state index contributed by atoms with van der Waals surface area (Å²) in [5, 5.41) is 2.84. The molecular formula is C23H30BrNO4. The highest BCUT2D eigenvalue weighted by atomic mass is 79.9. The second-order valence-electron chi connectivity index (χ2n) is 9.45. The summed E-state index contributed by atoms with van der Waals surface area (Å²) in [6.07, 6.45) is 6.72. The van der Waals surface area contributed by atoms with E-state index in [1.54, 1.807) is 14.0 Å². The number of rotatable bonds is 7. The van der Waals surface area contributed by atoms with Crippen LogP contribution in [0.2, 0.25) is 0 Å². The first-order valence-corrected chi connectivity index (χ1v) is 11.4. The highest BCUT2D eigenvalue weighted by Crippen LogP contribution is 2.65. The minimum atomic E-state index is -0.802. The summed E-state index contributed by atoms with van der Waals surface area (Å²) in [4.78, 5) is 25.1. The second-order valence-corrected chi connectivity index (χ2v) is 11.1. The van der Waals surface area contributed by atoms with E-state index >= 15 is 0 Å². The Hall–Kier alpha value is -1.56. The van der Waals surface area contributed by atoms with Gasteiger partial charge < -0.3 is 14.8 Å². The first kappa shape index (κ1) is 20.7. The van der Waals surface area contributed by atoms with Gasteiger partial charge in [-0.15, -0.1) is 0 Å². The van der Waals surface area contributed by atoms with Gasteiger partial charge >= 0.3 is 5.97 Å². The molecule has 4 fully saturated rings. The predicted molar refractivity (Wildman–Crippen MR) is 114 cm³/mol. The first-order chi connectivity index (χ1) is 13.8. The molecule has 5 nitrogen and oxygen atoms in total. The topological polar surface area (TPSA) is 64.6 Å². The Bertz CT molecular complexity index is 781. The van der Waals surface area contributed by atoms with Gasteiger partial charge in [-0.2, -0.15) is 0 Å². The number of esters is 1. The summed E-state index contributed by atoms with van der Waals surface area (Å²) in [7, 11) is 1.60. The number of nitrogens with one attached hydrogen (secondary N) is 1. The zero-order valence-corrected chi connectivity index (χ0v) is 18.8. The molecule has 29 heavy (non-hydrogen) atoms. The quantitative estimate of drug-likeness (QED) is 0.481. The Kier molecular flexibility index (Phi) is 5.66. The van der Waals surface area contributed by atoms with Gasteiger partial charge in [0, 0.05) is 16.4 Å². The molecule has 4 bridgehead atoms. The van der Waals surface area contributed by atoms with Crippen molar-refractivity contribution in [3.05, 3.63) is 29.8 Å². The number of methoxy groups -OCH3 is 1. The van der Waals surface area contributed by atoms with E-state index in [-0.39, 0.29) is 21.6 Å². The molecule has 0 aliphatic heterocycles. The van der Waals surface area contributed by atoms with Crippen LogP contribution in [0.1, 0.15) is 57.4 Å². The number of hydrogen-bond donors (Lipinski definition) is 1. The van der Waals surface area contributed by atoms with Crippen molar-refractivity contribution in [2.24, 2.45) is 17.3 Å². The standard InChI is InChI=1S/C23H30BrNO4/c1-15(21(27)25-13-18-5-3-4-6-19(18)28-2)29-20(26)12-22-8-16-7-17(9-22)11-23(24,10-16)14-22/h3-6,15-17H,7-14H2,1-2H3,(H,25,27). The van der Waals surface area contributed by atoms with Crippen molar-refractivity contribution in [2.75, 3.05) is 7.11 Å². The molecule has 4 aliphatic carbocycles. The van der Waals surface area contributed by atoms with Crippen molar-refractivity contribution in [3.63, 3.8) is 0 Å². The van der Waals surface area contributed by atoms with Crippen LogP contribution in [0.5, 0.6) is 5.75 Å². The summed E-state index contributed by atoms with van der Waals surface area (Å²) < 4.78 is 11.1. The maximum Gasteiger partial charge on any atom is 0.307 e. The molecular weight excluding hydrogens is 434 g/mol. The summed E-state index contributed by atoms with van der Waals surface area (Å²) in [5.74, 6) is 1.65. The molecule has 1 aromatic rings. The van der Waals surface area contributed by atoms with Gasteiger partial charge in [-0.25, -0.2) is 0 Å². The largest absolute Gasteiger partial charge is 0.496 e. The monoisotopic (exact) mass is 463 g/mol. The van der Waals surface area contributed by atoms with Gasteiger partial charge in [0.1, 0.15) is 5.75 Å². The Labute approximate surface area is 181 Å². The number of carbonyl (C=O) groups is 2. The van der Waals surface area contributed by atoms with E-state index in [9.17, 15) is 9.59 Å². The van der Waals surface area contributed by atoms with Gasteiger partial charge in [-0.05, 0) is 68.8 Å². The number of alkyl halides is 1. The lowest BCUT2D eigenvalue weighted by molar-refractivity contribution is -0.160. The van der Waals surface area contributed by atoms with Crippen molar-refractivity contribution >= 4 is 27.8 Å². The molecule has 6 heteroatoms. The third-order valence-corrected chi connectivity index (χ3v) is 7.88. The van der Waals surface area contributed by atoms with Crippen LogP contribution >= 0.6 is 15.9 Å². The molecule has 0 spiro atoms. The van der Waals surface area contributed by atoms with Crippen LogP contribution in [0.4, 0.5) is 0 Å². The normalized spacial score (nSPS) is 33.2. The molecule has 0 aromatic heterocycles. The lowest BCUT2D eigenvalue weighted by Crippen LogP contribution is -2.53. The number of para-hydroxylation sites is 1. The van der Waals surface area contributed by atoms with Crippen LogP contribution in [0.25, 0.3) is 0 Å². The minimum Gasteiger partial charge on any atom is -0.496 e. The molecule has 0 saturated heterocycles. The fourth-order valence-electron chi connectivity index (χ4n) is 6.32. The molecule has 0 heterocycles. The van der Waals surface area contributed by atoms with E-state index in [1.165, 1.54) is 19.3 Å². The number of benzene rings is 1. The lowest BCUT2D eigenvalue weighted by Gasteiger charge is -2.60. The molecule has 3 atom stereocenters. The molecule has 1 amide bonds. The fourth-order valence-corrected chi connectivity index (χ4v) is 7.83. The van der Waals surface area contributed by atoms with Crippen molar-refractivity contribution in [1.29, 1.82) is 0 Å². The summed E-state index contributed by atoms with van der Waals surface area (Å²) in [5.41, 5.74) is 0.941. The van der Waals surface area contributed by atoms with Crippen molar-refractivity contribution in [3.8, 4) is 5.75 Å². The molecule has 1 aromatic carbocycles. The van der Waals surface area contributed by atoms with E-state index in [4.69, 9.17) is 9.47 Å². The van der Waals surface area contributed by atoms with Gasteiger partial charge in [0.15, 0.2) is 6.10 Å². The van der Waals surface area contributed by atoms with Crippen LogP contribution < -0.4 is 10.1 Å². The number of halogens is 1. The highest BCUT2D eigenvalue weighted by Gasteiger charge is 2.57. The lowest BCUT2D eigenvalue weighted by atomic mass is 9.49. The van der Waals surface area contributed by atoms with Crippen LogP contribution in [-0.2, 0) is 20.9 Å². The average Bonchev–Trinajstić information content (AvgIpc) is 2.63. The molecule has 4 aliphatic rings.